The number of amides is 2. The van der Waals surface area contributed by atoms with Crippen LogP contribution in [0, 0.1) is 11.6 Å². The zero-order valence-electron chi connectivity index (χ0n) is 17.8. The molecule has 4 aliphatic rings. The number of aliphatic hydroxyl groups excluding tert-OH is 1. The molecule has 2 saturated heterocycles. The second-order valence-corrected chi connectivity index (χ2v) is 8.57. The van der Waals surface area contributed by atoms with Gasteiger partial charge in [0.25, 0.3) is 0 Å². The number of fused-ring (bicyclic) bond motifs is 1. The molecular formula is C22H24F2N6O3. The van der Waals surface area contributed by atoms with Crippen LogP contribution in [-0.4, -0.2) is 81.7 Å². The first-order valence-electron chi connectivity index (χ1n) is 11.0. The van der Waals surface area contributed by atoms with Crippen molar-refractivity contribution in [2.45, 2.75) is 43.6 Å². The van der Waals surface area contributed by atoms with Gasteiger partial charge in [-0.3, -0.25) is 9.59 Å². The highest BCUT2D eigenvalue weighted by Crippen LogP contribution is 2.35. The first-order valence-corrected chi connectivity index (χ1v) is 11.0. The van der Waals surface area contributed by atoms with Crippen LogP contribution in [0.1, 0.15) is 30.9 Å². The summed E-state index contributed by atoms with van der Waals surface area (Å²) in [4.78, 5) is 32.9. The van der Waals surface area contributed by atoms with Crippen LogP contribution in [0.15, 0.2) is 40.6 Å². The predicted octanol–water partition coefficient (Wildman–Crippen LogP) is 0.733. The summed E-state index contributed by atoms with van der Waals surface area (Å²) in [5.41, 5.74) is 0.289. The summed E-state index contributed by atoms with van der Waals surface area (Å²) in [6.45, 7) is 1.10. The zero-order valence-corrected chi connectivity index (χ0v) is 17.8. The minimum atomic E-state index is -0.783. The van der Waals surface area contributed by atoms with Gasteiger partial charge in [-0.15, -0.1) is 0 Å². The number of carbonyl (C=O) groups excluding carboxylic acids is 2. The van der Waals surface area contributed by atoms with E-state index in [1.165, 1.54) is 17.2 Å². The van der Waals surface area contributed by atoms with E-state index in [2.05, 4.69) is 10.4 Å². The van der Waals surface area contributed by atoms with Crippen molar-refractivity contribution in [2.75, 3.05) is 19.6 Å². The van der Waals surface area contributed by atoms with Gasteiger partial charge in [0.2, 0.25) is 0 Å². The Balaban J connectivity index is 1.31. The Bertz CT molecular complexity index is 1060. The largest absolute Gasteiger partial charge is 0.391 e. The van der Waals surface area contributed by atoms with Gasteiger partial charge in [-0.25, -0.2) is 18.8 Å². The topological polar surface area (TPSA) is 101 Å². The maximum Gasteiger partial charge on any atom is 0.311 e. The monoisotopic (exact) mass is 458 g/mol. The Morgan fingerprint density at radius 1 is 1.18 bits per heavy atom. The summed E-state index contributed by atoms with van der Waals surface area (Å²) < 4.78 is 28.2. The number of β-amino-alcohol motifs (C(OH)–C–C–N with tert-alkyl or cyclic N) is 1. The van der Waals surface area contributed by atoms with Crippen molar-refractivity contribution < 1.29 is 23.5 Å². The third kappa shape index (κ3) is 4.08. The first-order chi connectivity index (χ1) is 15.9. The third-order valence-corrected chi connectivity index (χ3v) is 6.40. The van der Waals surface area contributed by atoms with Gasteiger partial charge >= 0.3 is 11.8 Å². The van der Waals surface area contributed by atoms with E-state index in [0.29, 0.717) is 31.8 Å². The molecule has 0 aromatic heterocycles. The molecule has 2 amide bonds. The summed E-state index contributed by atoms with van der Waals surface area (Å²) in [5.74, 6) is -1.85. The van der Waals surface area contributed by atoms with E-state index < -0.39 is 41.8 Å². The smallest absolute Gasteiger partial charge is 0.311 e. The standard InChI is InChI=1S/C22H24F2N6O3/c23-13-3-4-16(24)15(10-13)18-2-1-7-29(18)19-6-9-30-20(27-19)17(11-25-30)26-21(32)22(33)28-8-5-14(31)12-28/h3-4,6,9-11,14,17-18,20,31H,1-2,5,7-8,12H2,(H,26,32)/t14-,17?,18+,20?/m0/s1. The first kappa shape index (κ1) is 21.5. The van der Waals surface area contributed by atoms with Crippen molar-refractivity contribution in [3.05, 3.63) is 47.7 Å². The maximum atomic E-state index is 14.4. The number of hydrazone groups is 1. The molecule has 4 heterocycles. The SMILES string of the molecule is O=C(NC1C=NN2C=CC(N3CCC[C@@H]3c3cc(F)ccc3F)=NC12)C(=O)N1CC[C@H](O)C1. The molecule has 4 atom stereocenters. The molecule has 2 fully saturated rings. The summed E-state index contributed by atoms with van der Waals surface area (Å²) >= 11 is 0. The molecule has 0 aliphatic carbocycles. The average Bonchev–Trinajstić information content (AvgIpc) is 3.55. The van der Waals surface area contributed by atoms with Gasteiger partial charge in [0, 0.05) is 31.4 Å². The van der Waals surface area contributed by atoms with Gasteiger partial charge in [-0.05, 0) is 43.5 Å². The van der Waals surface area contributed by atoms with Gasteiger partial charge in [0.15, 0.2) is 6.17 Å². The van der Waals surface area contributed by atoms with E-state index in [4.69, 9.17) is 4.99 Å². The lowest BCUT2D eigenvalue weighted by atomic mass is 10.0. The van der Waals surface area contributed by atoms with Gasteiger partial charge < -0.3 is 20.2 Å². The fourth-order valence-electron chi connectivity index (χ4n) is 4.75. The van der Waals surface area contributed by atoms with Crippen LogP contribution in [0.3, 0.4) is 0 Å². The molecule has 0 saturated carbocycles. The van der Waals surface area contributed by atoms with E-state index in [1.807, 2.05) is 4.90 Å². The number of nitrogens with one attached hydrogen (secondary N) is 1. The molecule has 5 rings (SSSR count). The lowest BCUT2D eigenvalue weighted by Crippen LogP contribution is -2.51. The van der Waals surface area contributed by atoms with Crippen LogP contribution in [0.2, 0.25) is 0 Å². The highest BCUT2D eigenvalue weighted by atomic mass is 19.1. The normalized spacial score (nSPS) is 28.3. The van der Waals surface area contributed by atoms with Gasteiger partial charge in [0.1, 0.15) is 23.5 Å². The lowest BCUT2D eigenvalue weighted by Gasteiger charge is -2.32. The molecule has 0 radical (unpaired) electrons. The second kappa shape index (κ2) is 8.54. The number of likely N-dealkylation sites (tertiary alicyclic amines) is 2. The number of halogens is 2. The summed E-state index contributed by atoms with van der Waals surface area (Å²) in [6.07, 6.45) is 5.68. The van der Waals surface area contributed by atoms with Crippen molar-refractivity contribution in [2.24, 2.45) is 10.1 Å². The lowest BCUT2D eigenvalue weighted by molar-refractivity contribution is -0.145. The van der Waals surface area contributed by atoms with Crippen molar-refractivity contribution in [1.29, 1.82) is 0 Å². The minimum absolute atomic E-state index is 0.137. The molecule has 33 heavy (non-hydrogen) atoms. The molecule has 2 unspecified atom stereocenters. The van der Waals surface area contributed by atoms with E-state index in [9.17, 15) is 23.5 Å². The highest BCUT2D eigenvalue weighted by Gasteiger charge is 2.38. The number of aliphatic hydroxyl groups is 1. The summed E-state index contributed by atoms with van der Waals surface area (Å²) in [6, 6.07) is 2.46. The van der Waals surface area contributed by atoms with Crippen molar-refractivity contribution in [1.82, 2.24) is 20.1 Å². The predicted molar refractivity (Wildman–Crippen MR) is 115 cm³/mol. The maximum absolute atomic E-state index is 14.4. The number of hydrogen-bond acceptors (Lipinski definition) is 7. The number of carbonyl (C=O) groups is 2. The van der Waals surface area contributed by atoms with Gasteiger partial charge in [-0.1, -0.05) is 0 Å². The van der Waals surface area contributed by atoms with Crippen molar-refractivity contribution in [3.63, 3.8) is 0 Å². The highest BCUT2D eigenvalue weighted by molar-refractivity contribution is 6.35. The van der Waals surface area contributed by atoms with E-state index in [0.717, 1.165) is 18.6 Å². The van der Waals surface area contributed by atoms with Gasteiger partial charge in [0.05, 0.1) is 18.4 Å². The Hall–Kier alpha value is -3.34. The van der Waals surface area contributed by atoms with Crippen LogP contribution in [0.25, 0.3) is 0 Å². The van der Waals surface area contributed by atoms with Crippen molar-refractivity contribution >= 4 is 23.9 Å². The van der Waals surface area contributed by atoms with E-state index in [-0.39, 0.29) is 18.2 Å². The molecule has 9 nitrogen and oxygen atoms in total. The summed E-state index contributed by atoms with van der Waals surface area (Å²) in [7, 11) is 0. The summed E-state index contributed by atoms with van der Waals surface area (Å²) in [5, 5.41) is 18.1. The van der Waals surface area contributed by atoms with Crippen LogP contribution in [0.4, 0.5) is 8.78 Å². The number of nitrogens with zero attached hydrogens (tertiary/aromatic N) is 5. The Morgan fingerprint density at radius 2 is 2.03 bits per heavy atom. The fourth-order valence-corrected chi connectivity index (χ4v) is 4.75. The van der Waals surface area contributed by atoms with Crippen molar-refractivity contribution in [3.8, 4) is 0 Å². The second-order valence-electron chi connectivity index (χ2n) is 8.57. The van der Waals surface area contributed by atoms with E-state index in [1.54, 1.807) is 17.3 Å². The molecule has 1 aromatic carbocycles. The molecule has 0 bridgehead atoms. The third-order valence-electron chi connectivity index (χ3n) is 6.40. The van der Waals surface area contributed by atoms with E-state index >= 15 is 0 Å². The number of amidine groups is 1. The quantitative estimate of drug-likeness (QED) is 0.637. The van der Waals surface area contributed by atoms with Crippen LogP contribution >= 0.6 is 0 Å². The molecule has 2 N–H and O–H groups in total. The van der Waals surface area contributed by atoms with Gasteiger partial charge in [-0.2, -0.15) is 5.10 Å². The Morgan fingerprint density at radius 3 is 2.82 bits per heavy atom. The number of benzene rings is 1. The number of rotatable bonds is 2. The molecule has 4 aliphatic heterocycles. The zero-order chi connectivity index (χ0) is 23.1. The molecule has 174 valence electrons. The Kier molecular flexibility index (Phi) is 5.57. The van der Waals surface area contributed by atoms with Crippen LogP contribution in [0.5, 0.6) is 0 Å². The molecule has 11 heteroatoms. The Labute approximate surface area is 189 Å². The minimum Gasteiger partial charge on any atom is -0.391 e. The molecular weight excluding hydrogens is 434 g/mol. The number of hydrogen-bond donors (Lipinski definition) is 2. The average molecular weight is 458 g/mol. The van der Waals surface area contributed by atoms with Crippen LogP contribution in [-0.2, 0) is 9.59 Å². The number of aliphatic imine (C=N–C) groups is 1. The molecule has 1 aromatic rings. The molecule has 0 spiro atoms. The fraction of sp³-hybridized carbons (Fsp3) is 0.455. The van der Waals surface area contributed by atoms with Crippen LogP contribution < -0.4 is 5.32 Å².